The normalized spacial score (nSPS) is 16.7. The van der Waals surface area contributed by atoms with E-state index in [9.17, 15) is 5.11 Å². The fourth-order valence-electron chi connectivity index (χ4n) is 3.37. The summed E-state index contributed by atoms with van der Waals surface area (Å²) in [6.07, 6.45) is 1.72. The Labute approximate surface area is 159 Å². The van der Waals surface area contributed by atoms with E-state index in [0.717, 1.165) is 42.0 Å². The molecule has 0 fully saturated rings. The Bertz CT molecular complexity index is 752. The highest BCUT2D eigenvalue weighted by atomic mass is 79.9. The van der Waals surface area contributed by atoms with Gasteiger partial charge in [0.2, 0.25) is 0 Å². The summed E-state index contributed by atoms with van der Waals surface area (Å²) in [4.78, 5) is 2.30. The van der Waals surface area contributed by atoms with Crippen LogP contribution in [0.2, 0.25) is 0 Å². The van der Waals surface area contributed by atoms with Crippen LogP contribution in [0.25, 0.3) is 0 Å². The van der Waals surface area contributed by atoms with Crippen molar-refractivity contribution in [2.24, 2.45) is 0 Å². The summed E-state index contributed by atoms with van der Waals surface area (Å²) in [6, 6.07) is 9.74. The first-order valence-electron chi connectivity index (χ1n) is 8.06. The Kier molecular flexibility index (Phi) is 6.19. The molecule has 5 nitrogen and oxygen atoms in total. The van der Waals surface area contributed by atoms with Gasteiger partial charge in [0.25, 0.3) is 0 Å². The summed E-state index contributed by atoms with van der Waals surface area (Å²) in [5.41, 5.74) is 10.4. The summed E-state index contributed by atoms with van der Waals surface area (Å²) in [5.74, 6) is 1.47. The Balaban J connectivity index is 0.00000225. The van der Waals surface area contributed by atoms with Gasteiger partial charge in [0, 0.05) is 24.3 Å². The lowest BCUT2D eigenvalue weighted by Crippen LogP contribution is -2.33. The SMILES string of the molecule is Br.COc1ccc(CC2c3cc(O)c(OC)cc3CCN2C)c(N)c1. The van der Waals surface area contributed by atoms with Crippen LogP contribution in [0.4, 0.5) is 5.69 Å². The number of benzene rings is 2. The molecule has 1 heterocycles. The zero-order valence-corrected chi connectivity index (χ0v) is 16.5. The van der Waals surface area contributed by atoms with Gasteiger partial charge in [0.05, 0.1) is 14.2 Å². The maximum Gasteiger partial charge on any atom is 0.160 e. The summed E-state index contributed by atoms with van der Waals surface area (Å²) in [7, 11) is 5.32. The lowest BCUT2D eigenvalue weighted by atomic mass is 9.88. The molecule has 0 bridgehead atoms. The fourth-order valence-corrected chi connectivity index (χ4v) is 3.37. The second-order valence-electron chi connectivity index (χ2n) is 6.24. The molecule has 0 amide bonds. The van der Waals surface area contributed by atoms with Crippen LogP contribution in [-0.2, 0) is 12.8 Å². The van der Waals surface area contributed by atoms with Crippen molar-refractivity contribution in [2.45, 2.75) is 18.9 Å². The molecule has 0 radical (unpaired) electrons. The summed E-state index contributed by atoms with van der Waals surface area (Å²) in [5, 5.41) is 10.2. The molecular formula is C19H25BrN2O3. The summed E-state index contributed by atoms with van der Waals surface area (Å²) < 4.78 is 10.5. The highest BCUT2D eigenvalue weighted by Crippen LogP contribution is 2.39. The Morgan fingerprint density at radius 1 is 1.20 bits per heavy atom. The number of aromatic hydroxyl groups is 1. The number of ether oxygens (including phenoxy) is 2. The van der Waals surface area contributed by atoms with Crippen LogP contribution in [0, 0.1) is 0 Å². The Morgan fingerprint density at radius 2 is 1.96 bits per heavy atom. The van der Waals surface area contributed by atoms with Crippen molar-refractivity contribution in [3.8, 4) is 17.2 Å². The topological polar surface area (TPSA) is 68.0 Å². The monoisotopic (exact) mass is 408 g/mol. The number of phenols is 1. The zero-order chi connectivity index (χ0) is 17.3. The molecule has 0 aliphatic carbocycles. The third-order valence-corrected chi connectivity index (χ3v) is 4.83. The van der Waals surface area contributed by atoms with Crippen LogP contribution in [0.1, 0.15) is 22.7 Å². The van der Waals surface area contributed by atoms with Gasteiger partial charge < -0.3 is 20.3 Å². The summed E-state index contributed by atoms with van der Waals surface area (Å²) >= 11 is 0. The molecule has 3 N–H and O–H groups in total. The van der Waals surface area contributed by atoms with Crippen LogP contribution in [-0.4, -0.2) is 37.8 Å². The van der Waals surface area contributed by atoms with Crippen molar-refractivity contribution >= 4 is 22.7 Å². The second kappa shape index (κ2) is 7.97. The highest BCUT2D eigenvalue weighted by Gasteiger charge is 2.27. The average Bonchev–Trinajstić information content (AvgIpc) is 2.58. The van der Waals surface area contributed by atoms with Gasteiger partial charge in [-0.25, -0.2) is 0 Å². The van der Waals surface area contributed by atoms with Gasteiger partial charge in [-0.1, -0.05) is 6.07 Å². The lowest BCUT2D eigenvalue weighted by molar-refractivity contribution is 0.228. The third-order valence-electron chi connectivity index (χ3n) is 4.83. The van der Waals surface area contributed by atoms with E-state index >= 15 is 0 Å². The van der Waals surface area contributed by atoms with Crippen LogP contribution in [0.3, 0.4) is 0 Å². The number of likely N-dealkylation sites (N-methyl/N-ethyl adjacent to an activating group) is 1. The van der Waals surface area contributed by atoms with Crippen molar-refractivity contribution in [1.82, 2.24) is 4.90 Å². The molecule has 1 aliphatic heterocycles. The first-order chi connectivity index (χ1) is 11.5. The van der Waals surface area contributed by atoms with Crippen molar-refractivity contribution in [3.63, 3.8) is 0 Å². The first-order valence-corrected chi connectivity index (χ1v) is 8.06. The van der Waals surface area contributed by atoms with Crippen LogP contribution < -0.4 is 15.2 Å². The number of anilines is 1. The molecule has 1 unspecified atom stereocenters. The molecule has 25 heavy (non-hydrogen) atoms. The van der Waals surface area contributed by atoms with Crippen LogP contribution in [0.5, 0.6) is 17.2 Å². The minimum atomic E-state index is 0. The van der Waals surface area contributed by atoms with Gasteiger partial charge in [0.1, 0.15) is 5.75 Å². The van der Waals surface area contributed by atoms with Crippen molar-refractivity contribution in [2.75, 3.05) is 33.5 Å². The van der Waals surface area contributed by atoms with E-state index in [1.54, 1.807) is 14.2 Å². The Morgan fingerprint density at radius 3 is 2.60 bits per heavy atom. The van der Waals surface area contributed by atoms with E-state index < -0.39 is 0 Å². The molecule has 0 saturated heterocycles. The van der Waals surface area contributed by atoms with Gasteiger partial charge in [-0.05, 0) is 54.8 Å². The number of fused-ring (bicyclic) bond motifs is 1. The van der Waals surface area contributed by atoms with Gasteiger partial charge in [-0.2, -0.15) is 0 Å². The fraction of sp³-hybridized carbons (Fsp3) is 0.368. The van der Waals surface area contributed by atoms with Crippen LogP contribution >= 0.6 is 17.0 Å². The molecule has 6 heteroatoms. The van der Waals surface area contributed by atoms with Crippen LogP contribution in [0.15, 0.2) is 30.3 Å². The molecule has 1 atom stereocenters. The average molecular weight is 409 g/mol. The number of nitrogens with two attached hydrogens (primary N) is 1. The molecule has 2 aromatic carbocycles. The molecule has 0 saturated carbocycles. The van der Waals surface area contributed by atoms with Crippen molar-refractivity contribution in [1.29, 1.82) is 0 Å². The third kappa shape index (κ3) is 3.85. The number of hydrogen-bond acceptors (Lipinski definition) is 5. The van der Waals surface area contributed by atoms with E-state index in [2.05, 4.69) is 11.9 Å². The minimum Gasteiger partial charge on any atom is -0.504 e. The van der Waals surface area contributed by atoms with E-state index in [4.69, 9.17) is 15.2 Å². The molecule has 0 spiro atoms. The van der Waals surface area contributed by atoms with Gasteiger partial charge in [-0.15, -0.1) is 17.0 Å². The van der Waals surface area contributed by atoms with Crippen molar-refractivity contribution in [3.05, 3.63) is 47.0 Å². The smallest absolute Gasteiger partial charge is 0.160 e. The molecular weight excluding hydrogens is 384 g/mol. The predicted molar refractivity (Wildman–Crippen MR) is 105 cm³/mol. The second-order valence-corrected chi connectivity index (χ2v) is 6.24. The predicted octanol–water partition coefficient (Wildman–Crippen LogP) is 3.34. The van der Waals surface area contributed by atoms with E-state index in [1.807, 2.05) is 30.3 Å². The maximum atomic E-state index is 10.2. The molecule has 0 aromatic heterocycles. The number of rotatable bonds is 4. The molecule has 136 valence electrons. The van der Waals surface area contributed by atoms with Crippen molar-refractivity contribution < 1.29 is 14.6 Å². The van der Waals surface area contributed by atoms with E-state index in [0.29, 0.717) is 5.75 Å². The standard InChI is InChI=1S/C19H24N2O3.BrH/c1-21-7-6-12-9-19(24-3)18(22)11-15(12)17(21)8-13-4-5-14(23-2)10-16(13)20;/h4-5,9-11,17,22H,6-8,20H2,1-3H3;1H. The number of phenolic OH excluding ortho intramolecular Hbond substituents is 1. The lowest BCUT2D eigenvalue weighted by Gasteiger charge is -2.35. The molecule has 2 aromatic rings. The number of methoxy groups -OCH3 is 2. The zero-order valence-electron chi connectivity index (χ0n) is 14.8. The number of nitrogen functional groups attached to an aromatic ring is 1. The number of hydrogen-bond donors (Lipinski definition) is 2. The molecule has 3 rings (SSSR count). The number of nitrogens with zero attached hydrogens (tertiary/aromatic N) is 1. The van der Waals surface area contributed by atoms with Gasteiger partial charge in [-0.3, -0.25) is 4.90 Å². The molecule has 1 aliphatic rings. The quantitative estimate of drug-likeness (QED) is 0.759. The van der Waals surface area contributed by atoms with E-state index in [-0.39, 0.29) is 28.8 Å². The van der Waals surface area contributed by atoms with Gasteiger partial charge in [0.15, 0.2) is 11.5 Å². The maximum absolute atomic E-state index is 10.2. The first kappa shape index (κ1) is 19.4. The van der Waals surface area contributed by atoms with Gasteiger partial charge >= 0.3 is 0 Å². The minimum absolute atomic E-state index is 0. The number of halogens is 1. The van der Waals surface area contributed by atoms with E-state index in [1.165, 1.54) is 5.56 Å². The summed E-state index contributed by atoms with van der Waals surface area (Å²) in [6.45, 7) is 0.960. The Hall–Kier alpha value is -1.92. The highest BCUT2D eigenvalue weighted by molar-refractivity contribution is 8.93. The largest absolute Gasteiger partial charge is 0.504 e.